The first-order valence-electron chi connectivity index (χ1n) is 10.4. The van der Waals surface area contributed by atoms with Crippen LogP contribution >= 0.6 is 0 Å². The molecule has 1 aromatic heterocycles. The van der Waals surface area contributed by atoms with Gasteiger partial charge in [-0.15, -0.1) is 0 Å². The highest BCUT2D eigenvalue weighted by Crippen LogP contribution is 2.35. The minimum Gasteiger partial charge on any atom is -0.368 e. The Kier molecular flexibility index (Phi) is 4.87. The van der Waals surface area contributed by atoms with Gasteiger partial charge in [0.05, 0.1) is 0 Å². The van der Waals surface area contributed by atoms with Crippen molar-refractivity contribution in [1.82, 2.24) is 25.3 Å². The maximum Gasteiger partial charge on any atom is 0.271 e. The first kappa shape index (κ1) is 20.2. The van der Waals surface area contributed by atoms with E-state index in [0.717, 1.165) is 0 Å². The summed E-state index contributed by atoms with van der Waals surface area (Å²) in [6, 6.07) is 3.45. The zero-order valence-electron chi connectivity index (χ0n) is 17.1. The molecule has 4 amide bonds. The van der Waals surface area contributed by atoms with Crippen LogP contribution in [0.1, 0.15) is 39.3 Å². The molecule has 5 rings (SSSR count). The molecule has 0 radical (unpaired) electrons. The van der Waals surface area contributed by atoms with Gasteiger partial charge >= 0.3 is 0 Å². The van der Waals surface area contributed by atoms with Crippen LogP contribution in [0.2, 0.25) is 0 Å². The Hall–Kier alpha value is -3.76. The second-order valence-electron chi connectivity index (χ2n) is 8.10. The lowest BCUT2D eigenvalue weighted by Crippen LogP contribution is -2.52. The number of carbonyl (C=O) groups is 4. The largest absolute Gasteiger partial charge is 0.368 e. The summed E-state index contributed by atoms with van der Waals surface area (Å²) in [7, 11) is 0. The van der Waals surface area contributed by atoms with Gasteiger partial charge in [-0.3, -0.25) is 29.6 Å². The molecule has 1 aromatic carbocycles. The van der Waals surface area contributed by atoms with Crippen LogP contribution in [0.4, 0.5) is 10.1 Å². The molecule has 3 aliphatic heterocycles. The van der Waals surface area contributed by atoms with Gasteiger partial charge in [0.25, 0.3) is 11.8 Å². The molecular weight excluding hydrogens is 419 g/mol. The van der Waals surface area contributed by atoms with Crippen molar-refractivity contribution in [3.05, 3.63) is 47.0 Å². The van der Waals surface area contributed by atoms with E-state index in [-0.39, 0.29) is 36.8 Å². The third-order valence-electron chi connectivity index (χ3n) is 6.24. The smallest absolute Gasteiger partial charge is 0.271 e. The number of piperazine rings is 1. The van der Waals surface area contributed by atoms with E-state index in [4.69, 9.17) is 0 Å². The number of rotatable bonds is 3. The van der Waals surface area contributed by atoms with Crippen molar-refractivity contribution in [3.8, 4) is 0 Å². The fourth-order valence-electron chi connectivity index (χ4n) is 4.59. The molecule has 2 saturated heterocycles. The van der Waals surface area contributed by atoms with E-state index in [0.29, 0.717) is 43.1 Å². The number of nitrogens with zero attached hydrogens (tertiary/aromatic N) is 4. The summed E-state index contributed by atoms with van der Waals surface area (Å²) in [5, 5.41) is 8.74. The van der Waals surface area contributed by atoms with Gasteiger partial charge in [-0.1, -0.05) is 0 Å². The van der Waals surface area contributed by atoms with Crippen LogP contribution in [-0.4, -0.2) is 75.8 Å². The molecular formula is C21H21FN6O4. The number of fused-ring (bicyclic) bond motifs is 1. The molecule has 1 unspecified atom stereocenters. The quantitative estimate of drug-likeness (QED) is 0.662. The lowest BCUT2D eigenvalue weighted by molar-refractivity contribution is -0.136. The van der Waals surface area contributed by atoms with Crippen LogP contribution in [0.25, 0.3) is 0 Å². The summed E-state index contributed by atoms with van der Waals surface area (Å²) in [5.74, 6) is -1.96. The average molecular weight is 440 g/mol. The molecule has 166 valence electrons. The molecule has 3 aliphatic rings. The minimum absolute atomic E-state index is 0.147. The Balaban J connectivity index is 1.35. The van der Waals surface area contributed by atoms with Crippen molar-refractivity contribution in [2.45, 2.75) is 25.4 Å². The molecule has 32 heavy (non-hydrogen) atoms. The number of hydrogen-bond acceptors (Lipinski definition) is 6. The number of benzene rings is 1. The Morgan fingerprint density at radius 3 is 2.59 bits per heavy atom. The number of aromatic nitrogens is 2. The highest BCUT2D eigenvalue weighted by atomic mass is 19.1. The Morgan fingerprint density at radius 2 is 1.91 bits per heavy atom. The van der Waals surface area contributed by atoms with Crippen LogP contribution in [0.3, 0.4) is 0 Å². The van der Waals surface area contributed by atoms with Crippen LogP contribution in [0.15, 0.2) is 24.4 Å². The minimum atomic E-state index is -0.757. The molecule has 10 nitrogen and oxygen atoms in total. The van der Waals surface area contributed by atoms with E-state index in [9.17, 15) is 23.6 Å². The average Bonchev–Trinajstić information content (AvgIpc) is 3.42. The van der Waals surface area contributed by atoms with E-state index < -0.39 is 23.7 Å². The number of nitrogens with one attached hydrogen (secondary N) is 2. The molecule has 4 heterocycles. The first-order valence-corrected chi connectivity index (χ1v) is 10.4. The number of anilines is 1. The number of halogens is 1. The SMILES string of the molecule is O=C1CCC(N2Cc3c(cc(F)cc3N3CCN(C(=O)c4ccn[nH]4)CC3)C2=O)C(=O)N1. The maximum absolute atomic E-state index is 14.4. The van der Waals surface area contributed by atoms with Gasteiger partial charge in [-0.05, 0) is 24.6 Å². The van der Waals surface area contributed by atoms with Gasteiger partial charge in [0.2, 0.25) is 11.8 Å². The van der Waals surface area contributed by atoms with Crippen molar-refractivity contribution >= 4 is 29.3 Å². The van der Waals surface area contributed by atoms with Crippen molar-refractivity contribution in [3.63, 3.8) is 0 Å². The van der Waals surface area contributed by atoms with E-state index in [2.05, 4.69) is 15.5 Å². The summed E-state index contributed by atoms with van der Waals surface area (Å²) >= 11 is 0. The first-order chi connectivity index (χ1) is 15.4. The summed E-state index contributed by atoms with van der Waals surface area (Å²) in [5.41, 5.74) is 1.91. The van der Waals surface area contributed by atoms with E-state index in [1.165, 1.54) is 23.2 Å². The Bertz CT molecular complexity index is 1110. The molecule has 11 heteroatoms. The Labute approximate surface area is 182 Å². The monoisotopic (exact) mass is 440 g/mol. The number of H-pyrrole nitrogens is 1. The number of hydrogen-bond donors (Lipinski definition) is 2. The highest BCUT2D eigenvalue weighted by molar-refractivity contribution is 6.06. The Morgan fingerprint density at radius 1 is 1.12 bits per heavy atom. The molecule has 2 N–H and O–H groups in total. The summed E-state index contributed by atoms with van der Waals surface area (Å²) in [4.78, 5) is 54.3. The standard InChI is InChI=1S/C21H21FN6O4/c22-12-9-13-14(11-28(20(13)31)16-1-2-18(29)24-19(16)30)17(10-12)26-5-7-27(8-6-26)21(32)15-3-4-23-25-15/h3-4,9-10,16H,1-2,5-8,11H2,(H,23,25)(H,24,29,30). The number of piperidine rings is 1. The number of amides is 4. The molecule has 2 fully saturated rings. The predicted molar refractivity (Wildman–Crippen MR) is 109 cm³/mol. The van der Waals surface area contributed by atoms with E-state index >= 15 is 0 Å². The van der Waals surface area contributed by atoms with Gasteiger partial charge < -0.3 is 14.7 Å². The van der Waals surface area contributed by atoms with Crippen LogP contribution in [-0.2, 0) is 16.1 Å². The fourth-order valence-corrected chi connectivity index (χ4v) is 4.59. The van der Waals surface area contributed by atoms with Gasteiger partial charge in [0.1, 0.15) is 17.6 Å². The second-order valence-corrected chi connectivity index (χ2v) is 8.10. The van der Waals surface area contributed by atoms with Crippen molar-refractivity contribution < 1.29 is 23.6 Å². The van der Waals surface area contributed by atoms with Crippen molar-refractivity contribution in [2.75, 3.05) is 31.1 Å². The second kappa shape index (κ2) is 7.74. The van der Waals surface area contributed by atoms with E-state index in [1.54, 1.807) is 11.0 Å². The molecule has 0 aliphatic carbocycles. The zero-order valence-corrected chi connectivity index (χ0v) is 17.1. The van der Waals surface area contributed by atoms with Crippen LogP contribution < -0.4 is 10.2 Å². The summed E-state index contributed by atoms with van der Waals surface area (Å²) in [6.45, 7) is 2.00. The molecule has 1 atom stereocenters. The van der Waals surface area contributed by atoms with Crippen LogP contribution in [0.5, 0.6) is 0 Å². The lowest BCUT2D eigenvalue weighted by atomic mass is 10.0. The molecule has 0 bridgehead atoms. The van der Waals surface area contributed by atoms with Crippen molar-refractivity contribution in [2.24, 2.45) is 0 Å². The predicted octanol–water partition coefficient (Wildman–Crippen LogP) is 0.272. The van der Waals surface area contributed by atoms with Crippen molar-refractivity contribution in [1.29, 1.82) is 0 Å². The lowest BCUT2D eigenvalue weighted by Gasteiger charge is -2.37. The van der Waals surface area contributed by atoms with Crippen LogP contribution in [0, 0.1) is 5.82 Å². The topological polar surface area (TPSA) is 119 Å². The number of imide groups is 1. The van der Waals surface area contributed by atoms with Gasteiger partial charge in [0.15, 0.2) is 0 Å². The van der Waals surface area contributed by atoms with E-state index in [1.807, 2.05) is 4.90 Å². The normalized spacial score (nSPS) is 21.1. The maximum atomic E-state index is 14.4. The third kappa shape index (κ3) is 3.39. The molecule has 2 aromatic rings. The number of aromatic amines is 1. The summed E-state index contributed by atoms with van der Waals surface area (Å²) < 4.78 is 14.4. The molecule has 0 saturated carbocycles. The zero-order chi connectivity index (χ0) is 22.4. The highest BCUT2D eigenvalue weighted by Gasteiger charge is 2.41. The fraction of sp³-hybridized carbons (Fsp3) is 0.381. The number of carbonyl (C=O) groups excluding carboxylic acids is 4. The third-order valence-corrected chi connectivity index (χ3v) is 6.24. The van der Waals surface area contributed by atoms with Gasteiger partial charge in [-0.25, -0.2) is 4.39 Å². The summed E-state index contributed by atoms with van der Waals surface area (Å²) in [6.07, 6.45) is 1.92. The van der Waals surface area contributed by atoms with Gasteiger partial charge in [0, 0.05) is 62.2 Å². The molecule has 0 spiro atoms. The van der Waals surface area contributed by atoms with Gasteiger partial charge in [-0.2, -0.15) is 5.10 Å².